The van der Waals surface area contributed by atoms with Gasteiger partial charge in [-0.3, -0.25) is 0 Å². The van der Waals surface area contributed by atoms with E-state index in [1.54, 1.807) is 0 Å². The SMILES string of the molecule is C=C(C)C(=O)OC=C(Cl)Cl. The lowest BCUT2D eigenvalue weighted by atomic mass is 10.4. The average molecular weight is 181 g/mol. The molecule has 0 unspecified atom stereocenters. The van der Waals surface area contributed by atoms with Gasteiger partial charge in [0, 0.05) is 5.57 Å². The molecule has 56 valence electrons. The van der Waals surface area contributed by atoms with Crippen molar-refractivity contribution in [3.8, 4) is 0 Å². The minimum atomic E-state index is -0.543. The molecule has 0 fully saturated rings. The lowest BCUT2D eigenvalue weighted by molar-refractivity contribution is -0.133. The Hall–Kier alpha value is -0.470. The fourth-order valence-electron chi connectivity index (χ4n) is 0.199. The van der Waals surface area contributed by atoms with E-state index in [0.717, 1.165) is 6.26 Å². The summed E-state index contributed by atoms with van der Waals surface area (Å²) in [6.45, 7) is 4.87. The van der Waals surface area contributed by atoms with E-state index >= 15 is 0 Å². The number of hydrogen-bond donors (Lipinski definition) is 0. The maximum absolute atomic E-state index is 10.6. The quantitative estimate of drug-likeness (QED) is 0.371. The molecule has 0 aromatic carbocycles. The molecule has 0 bridgehead atoms. The van der Waals surface area contributed by atoms with Gasteiger partial charge in [-0.2, -0.15) is 0 Å². The largest absolute Gasteiger partial charge is 0.429 e. The lowest BCUT2D eigenvalue weighted by Crippen LogP contribution is -1.98. The predicted octanol–water partition coefficient (Wildman–Crippen LogP) is 2.38. The predicted molar refractivity (Wildman–Crippen MR) is 40.7 cm³/mol. The van der Waals surface area contributed by atoms with Crippen LogP contribution in [0.1, 0.15) is 6.92 Å². The minimum Gasteiger partial charge on any atom is -0.429 e. The maximum Gasteiger partial charge on any atom is 0.338 e. The second kappa shape index (κ2) is 4.36. The zero-order chi connectivity index (χ0) is 8.15. The number of carbonyl (C=O) groups is 1. The third-order valence-electron chi connectivity index (χ3n) is 0.604. The van der Waals surface area contributed by atoms with Crippen molar-refractivity contribution in [2.24, 2.45) is 0 Å². The number of halogens is 2. The molecule has 2 nitrogen and oxygen atoms in total. The Balaban J connectivity index is 3.83. The van der Waals surface area contributed by atoms with Crippen molar-refractivity contribution >= 4 is 29.2 Å². The van der Waals surface area contributed by atoms with E-state index in [2.05, 4.69) is 11.3 Å². The molecule has 0 radical (unpaired) electrons. The average Bonchev–Trinajstić information content (AvgIpc) is 1.82. The van der Waals surface area contributed by atoms with Gasteiger partial charge in [0.1, 0.15) is 10.8 Å². The molecular weight excluding hydrogens is 175 g/mol. The summed E-state index contributed by atoms with van der Waals surface area (Å²) >= 11 is 10.3. The minimum absolute atomic E-state index is 0.102. The summed E-state index contributed by atoms with van der Waals surface area (Å²) in [5, 5.41) is 0. The Morgan fingerprint density at radius 3 is 2.40 bits per heavy atom. The summed E-state index contributed by atoms with van der Waals surface area (Å²) in [4.78, 5) is 10.6. The van der Waals surface area contributed by atoms with Crippen LogP contribution in [0.3, 0.4) is 0 Å². The van der Waals surface area contributed by atoms with Gasteiger partial charge in [0.15, 0.2) is 0 Å². The van der Waals surface area contributed by atoms with E-state index in [9.17, 15) is 4.79 Å². The van der Waals surface area contributed by atoms with Crippen molar-refractivity contribution < 1.29 is 9.53 Å². The van der Waals surface area contributed by atoms with Crippen LogP contribution in [0.2, 0.25) is 0 Å². The highest BCUT2D eigenvalue weighted by Crippen LogP contribution is 2.06. The van der Waals surface area contributed by atoms with Crippen molar-refractivity contribution in [1.82, 2.24) is 0 Å². The van der Waals surface area contributed by atoms with Crippen LogP contribution in [0.25, 0.3) is 0 Å². The van der Waals surface area contributed by atoms with Gasteiger partial charge in [0.05, 0.1) is 0 Å². The molecule has 0 aliphatic rings. The van der Waals surface area contributed by atoms with Gasteiger partial charge >= 0.3 is 5.97 Å². The topological polar surface area (TPSA) is 26.3 Å². The zero-order valence-electron chi connectivity index (χ0n) is 5.36. The molecule has 0 spiro atoms. The number of esters is 1. The molecule has 0 amide bonds. The second-order valence-electron chi connectivity index (χ2n) is 1.59. The summed E-state index contributed by atoms with van der Waals surface area (Å²) in [7, 11) is 0. The smallest absolute Gasteiger partial charge is 0.338 e. The summed E-state index contributed by atoms with van der Waals surface area (Å²) < 4.78 is 4.30. The van der Waals surface area contributed by atoms with E-state index in [0.29, 0.717) is 5.57 Å². The number of hydrogen-bond acceptors (Lipinski definition) is 2. The molecule has 4 heteroatoms. The Labute approximate surface area is 69.1 Å². The highest BCUT2D eigenvalue weighted by Gasteiger charge is 1.99. The van der Waals surface area contributed by atoms with E-state index in [1.165, 1.54) is 6.92 Å². The van der Waals surface area contributed by atoms with Crippen molar-refractivity contribution in [3.63, 3.8) is 0 Å². The Morgan fingerprint density at radius 1 is 1.60 bits per heavy atom. The molecule has 0 aliphatic heterocycles. The van der Waals surface area contributed by atoms with Crippen LogP contribution >= 0.6 is 23.2 Å². The van der Waals surface area contributed by atoms with Crippen molar-refractivity contribution in [3.05, 3.63) is 22.9 Å². The molecule has 10 heavy (non-hydrogen) atoms. The van der Waals surface area contributed by atoms with Gasteiger partial charge in [-0.25, -0.2) is 4.79 Å². The Bertz CT molecular complexity index is 180. The molecule has 0 saturated carbocycles. The first-order chi connectivity index (χ1) is 4.54. The summed E-state index contributed by atoms with van der Waals surface area (Å²) in [6, 6.07) is 0. The van der Waals surface area contributed by atoms with Crippen LogP contribution in [0.4, 0.5) is 0 Å². The normalized spacial score (nSPS) is 8.30. The number of rotatable bonds is 2. The molecule has 0 atom stereocenters. The molecule has 0 aliphatic carbocycles. The van der Waals surface area contributed by atoms with Crippen molar-refractivity contribution in [1.29, 1.82) is 0 Å². The van der Waals surface area contributed by atoms with Gasteiger partial charge in [-0.05, 0) is 6.92 Å². The first-order valence-corrected chi connectivity index (χ1v) is 3.17. The van der Waals surface area contributed by atoms with Crippen LogP contribution in [0.15, 0.2) is 22.9 Å². The third kappa shape index (κ3) is 4.41. The first kappa shape index (κ1) is 9.53. The highest BCUT2D eigenvalue weighted by atomic mass is 35.5. The zero-order valence-corrected chi connectivity index (χ0v) is 6.87. The van der Waals surface area contributed by atoms with Crippen LogP contribution < -0.4 is 0 Å². The van der Waals surface area contributed by atoms with Crippen LogP contribution in [-0.2, 0) is 9.53 Å². The van der Waals surface area contributed by atoms with Crippen molar-refractivity contribution in [2.75, 3.05) is 0 Å². The van der Waals surface area contributed by atoms with Crippen LogP contribution in [-0.4, -0.2) is 5.97 Å². The van der Waals surface area contributed by atoms with E-state index in [-0.39, 0.29) is 4.49 Å². The number of ether oxygens (including phenoxy) is 1. The molecule has 0 rings (SSSR count). The highest BCUT2D eigenvalue weighted by molar-refractivity contribution is 6.55. The molecule has 0 saturated heterocycles. The van der Waals surface area contributed by atoms with Crippen LogP contribution in [0.5, 0.6) is 0 Å². The lowest BCUT2D eigenvalue weighted by Gasteiger charge is -1.94. The van der Waals surface area contributed by atoms with Gasteiger partial charge in [0.25, 0.3) is 0 Å². The Kier molecular flexibility index (Phi) is 4.16. The molecule has 0 heterocycles. The molecular formula is C6H6Cl2O2. The molecule has 0 N–H and O–H groups in total. The molecule has 0 aromatic rings. The standard InChI is InChI=1S/C6H6Cl2O2/c1-4(2)6(9)10-3-5(7)8/h3H,1H2,2H3. The fourth-order valence-corrected chi connectivity index (χ4v) is 0.288. The van der Waals surface area contributed by atoms with Gasteiger partial charge in [-0.15, -0.1) is 0 Å². The third-order valence-corrected chi connectivity index (χ3v) is 0.782. The number of carbonyl (C=O) groups excluding carboxylic acids is 1. The van der Waals surface area contributed by atoms with E-state index in [1.807, 2.05) is 0 Å². The summed E-state index contributed by atoms with van der Waals surface area (Å²) in [6.07, 6.45) is 0.945. The van der Waals surface area contributed by atoms with Crippen molar-refractivity contribution in [2.45, 2.75) is 6.92 Å². The van der Waals surface area contributed by atoms with E-state index in [4.69, 9.17) is 23.2 Å². The monoisotopic (exact) mass is 180 g/mol. The van der Waals surface area contributed by atoms with Crippen LogP contribution in [0, 0.1) is 0 Å². The maximum atomic E-state index is 10.6. The summed E-state index contributed by atoms with van der Waals surface area (Å²) in [5.41, 5.74) is 0.297. The Morgan fingerprint density at radius 2 is 2.10 bits per heavy atom. The van der Waals surface area contributed by atoms with Gasteiger partial charge < -0.3 is 4.74 Å². The molecule has 0 aromatic heterocycles. The second-order valence-corrected chi connectivity index (χ2v) is 2.60. The fraction of sp³-hybridized carbons (Fsp3) is 0.167. The summed E-state index contributed by atoms with van der Waals surface area (Å²) in [5.74, 6) is -0.543. The van der Waals surface area contributed by atoms with Gasteiger partial charge in [0.2, 0.25) is 0 Å². The van der Waals surface area contributed by atoms with Gasteiger partial charge in [-0.1, -0.05) is 29.8 Å². The first-order valence-electron chi connectivity index (χ1n) is 2.41. The van der Waals surface area contributed by atoms with E-state index < -0.39 is 5.97 Å².